The number of β-amino-alcohol motifs (C(OH)–C–C–N with tert-alkyl or cyclic N) is 1. The number of benzene rings is 1. The van der Waals surface area contributed by atoms with Gasteiger partial charge in [-0.3, -0.25) is 14.4 Å². The van der Waals surface area contributed by atoms with Crippen LogP contribution in [0.15, 0.2) is 30.6 Å². The van der Waals surface area contributed by atoms with Gasteiger partial charge in [-0.25, -0.2) is 8.78 Å². The Morgan fingerprint density at radius 2 is 2.12 bits per heavy atom. The van der Waals surface area contributed by atoms with Crippen LogP contribution >= 0.6 is 0 Å². The number of rotatable bonds is 4. The van der Waals surface area contributed by atoms with Crippen molar-refractivity contribution in [1.29, 1.82) is 0 Å². The fraction of sp³-hybridized carbons (Fsp3) is 0.375. The lowest BCUT2D eigenvalue weighted by Crippen LogP contribution is -2.51. The number of carbonyl (C=O) groups excluding carboxylic acids is 1. The lowest BCUT2D eigenvalue weighted by atomic mass is 10.1. The van der Waals surface area contributed by atoms with Crippen LogP contribution in [-0.4, -0.2) is 51.9 Å². The Kier molecular flexibility index (Phi) is 4.59. The molecule has 0 bridgehead atoms. The average molecular weight is 336 g/mol. The van der Waals surface area contributed by atoms with Gasteiger partial charge in [0.05, 0.1) is 24.5 Å². The van der Waals surface area contributed by atoms with Gasteiger partial charge in [-0.2, -0.15) is 5.10 Å². The number of aliphatic hydroxyl groups is 1. The summed E-state index contributed by atoms with van der Waals surface area (Å²) in [4.78, 5) is 15.6. The minimum absolute atomic E-state index is 0.0625. The third-order valence-corrected chi connectivity index (χ3v) is 4.05. The van der Waals surface area contributed by atoms with Gasteiger partial charge in [-0.15, -0.1) is 0 Å². The maximum atomic E-state index is 13.7. The van der Waals surface area contributed by atoms with E-state index < -0.39 is 17.7 Å². The molecule has 1 amide bonds. The molecule has 128 valence electrons. The van der Waals surface area contributed by atoms with Gasteiger partial charge in [-0.1, -0.05) is 0 Å². The quantitative estimate of drug-likeness (QED) is 0.908. The van der Waals surface area contributed by atoms with Gasteiger partial charge in [0, 0.05) is 38.4 Å². The van der Waals surface area contributed by atoms with E-state index in [1.54, 1.807) is 33.9 Å². The molecular weight excluding hydrogens is 318 g/mol. The van der Waals surface area contributed by atoms with Crippen molar-refractivity contribution in [3.05, 3.63) is 47.8 Å². The second-order valence-corrected chi connectivity index (χ2v) is 5.83. The monoisotopic (exact) mass is 336 g/mol. The van der Waals surface area contributed by atoms with E-state index in [1.165, 1.54) is 0 Å². The highest BCUT2D eigenvalue weighted by molar-refractivity contribution is 5.95. The third kappa shape index (κ3) is 3.44. The number of piperazine rings is 1. The minimum Gasteiger partial charge on any atom is -0.387 e. The van der Waals surface area contributed by atoms with Crippen molar-refractivity contribution in [3.63, 3.8) is 0 Å². The van der Waals surface area contributed by atoms with E-state index in [0.717, 1.165) is 23.9 Å². The Bertz CT molecular complexity index is 749. The van der Waals surface area contributed by atoms with E-state index in [-0.39, 0.29) is 24.6 Å². The number of hydrogen-bond donors (Lipinski definition) is 1. The molecule has 1 unspecified atom stereocenters. The molecule has 0 spiro atoms. The van der Waals surface area contributed by atoms with Crippen molar-refractivity contribution in [1.82, 2.24) is 14.7 Å². The van der Waals surface area contributed by atoms with Crippen molar-refractivity contribution >= 4 is 11.6 Å². The standard InChI is InChI=1S/C16H18F2N4O2/c1-20-8-12(7-19-20)22-5-4-21(10-16(22)24)9-15(23)13-6-11(17)2-3-14(13)18/h2-3,6-8,15,23H,4-5,9-10H2,1H3. The maximum Gasteiger partial charge on any atom is 0.241 e. The number of amides is 1. The lowest BCUT2D eigenvalue weighted by molar-refractivity contribution is -0.121. The van der Waals surface area contributed by atoms with Crippen LogP contribution in [0.4, 0.5) is 14.5 Å². The number of nitrogens with zero attached hydrogens (tertiary/aromatic N) is 4. The molecular formula is C16H18F2N4O2. The molecule has 2 heterocycles. The van der Waals surface area contributed by atoms with Crippen LogP contribution in [0.1, 0.15) is 11.7 Å². The van der Waals surface area contributed by atoms with Gasteiger partial charge in [-0.05, 0) is 18.2 Å². The Balaban J connectivity index is 1.64. The van der Waals surface area contributed by atoms with Crippen molar-refractivity contribution in [2.45, 2.75) is 6.10 Å². The van der Waals surface area contributed by atoms with E-state index >= 15 is 0 Å². The van der Waals surface area contributed by atoms with E-state index in [1.807, 2.05) is 0 Å². The first-order valence-corrected chi connectivity index (χ1v) is 7.58. The van der Waals surface area contributed by atoms with Crippen LogP contribution in [0, 0.1) is 11.6 Å². The van der Waals surface area contributed by atoms with E-state index in [2.05, 4.69) is 5.10 Å². The molecule has 24 heavy (non-hydrogen) atoms. The molecule has 8 heteroatoms. The van der Waals surface area contributed by atoms with E-state index in [9.17, 15) is 18.7 Å². The molecule has 1 aromatic carbocycles. The molecule has 1 aliphatic rings. The SMILES string of the molecule is Cn1cc(N2CCN(CC(O)c3cc(F)ccc3F)CC2=O)cn1. The molecule has 1 fully saturated rings. The molecule has 0 aliphatic carbocycles. The van der Waals surface area contributed by atoms with Gasteiger partial charge in [0.1, 0.15) is 11.6 Å². The minimum atomic E-state index is -1.20. The summed E-state index contributed by atoms with van der Waals surface area (Å²) in [6, 6.07) is 2.97. The van der Waals surface area contributed by atoms with Crippen LogP contribution < -0.4 is 4.90 Å². The highest BCUT2D eigenvalue weighted by Crippen LogP contribution is 2.21. The summed E-state index contributed by atoms with van der Waals surface area (Å²) in [5.41, 5.74) is 0.621. The van der Waals surface area contributed by atoms with Crippen molar-refractivity contribution in [2.24, 2.45) is 7.05 Å². The Hall–Kier alpha value is -2.32. The van der Waals surface area contributed by atoms with Gasteiger partial charge in [0.2, 0.25) is 5.91 Å². The number of hydrogen-bond acceptors (Lipinski definition) is 4. The van der Waals surface area contributed by atoms with Gasteiger partial charge in [0.25, 0.3) is 0 Å². The number of halogens is 2. The summed E-state index contributed by atoms with van der Waals surface area (Å²) < 4.78 is 28.6. The molecule has 3 rings (SSSR count). The summed E-state index contributed by atoms with van der Waals surface area (Å²) >= 11 is 0. The lowest BCUT2D eigenvalue weighted by Gasteiger charge is -2.34. The normalized spacial score (nSPS) is 17.3. The molecule has 0 saturated carbocycles. The summed E-state index contributed by atoms with van der Waals surface area (Å²) in [6.45, 7) is 1.13. The number of aryl methyl sites for hydroxylation is 1. The summed E-state index contributed by atoms with van der Waals surface area (Å²) in [5.74, 6) is -1.40. The molecule has 2 aromatic rings. The van der Waals surface area contributed by atoms with Crippen LogP contribution in [0.25, 0.3) is 0 Å². The summed E-state index contributed by atoms with van der Waals surface area (Å²) in [5, 5.41) is 14.2. The predicted octanol–water partition coefficient (Wildman–Crippen LogP) is 1.08. The molecule has 0 radical (unpaired) electrons. The first kappa shape index (κ1) is 16.5. The smallest absolute Gasteiger partial charge is 0.241 e. The number of aromatic nitrogens is 2. The molecule has 1 saturated heterocycles. The maximum absolute atomic E-state index is 13.7. The van der Waals surface area contributed by atoms with E-state index in [4.69, 9.17) is 0 Å². The van der Waals surface area contributed by atoms with E-state index in [0.29, 0.717) is 13.1 Å². The predicted molar refractivity (Wildman–Crippen MR) is 83.3 cm³/mol. The Morgan fingerprint density at radius 1 is 1.33 bits per heavy atom. The first-order valence-electron chi connectivity index (χ1n) is 7.58. The molecule has 1 aromatic heterocycles. The number of carbonyl (C=O) groups is 1. The fourth-order valence-corrected chi connectivity index (χ4v) is 2.81. The Morgan fingerprint density at radius 3 is 2.79 bits per heavy atom. The third-order valence-electron chi connectivity index (χ3n) is 4.05. The Labute approximate surface area is 137 Å². The second kappa shape index (κ2) is 6.66. The summed E-state index contributed by atoms with van der Waals surface area (Å²) in [7, 11) is 1.77. The van der Waals surface area contributed by atoms with Gasteiger partial charge < -0.3 is 10.0 Å². The van der Waals surface area contributed by atoms with Crippen LogP contribution in [0.5, 0.6) is 0 Å². The second-order valence-electron chi connectivity index (χ2n) is 5.83. The fourth-order valence-electron chi connectivity index (χ4n) is 2.81. The summed E-state index contributed by atoms with van der Waals surface area (Å²) in [6.07, 6.45) is 2.17. The first-order chi connectivity index (χ1) is 11.4. The topological polar surface area (TPSA) is 61.6 Å². The molecule has 6 nitrogen and oxygen atoms in total. The molecule has 1 atom stereocenters. The van der Waals surface area contributed by atoms with Crippen LogP contribution in [0.2, 0.25) is 0 Å². The largest absolute Gasteiger partial charge is 0.387 e. The highest BCUT2D eigenvalue weighted by Gasteiger charge is 2.28. The number of anilines is 1. The zero-order valence-electron chi connectivity index (χ0n) is 13.2. The van der Waals surface area contributed by atoms with Gasteiger partial charge >= 0.3 is 0 Å². The van der Waals surface area contributed by atoms with Crippen molar-refractivity contribution in [3.8, 4) is 0 Å². The van der Waals surface area contributed by atoms with Crippen LogP contribution in [-0.2, 0) is 11.8 Å². The highest BCUT2D eigenvalue weighted by atomic mass is 19.1. The number of aliphatic hydroxyl groups excluding tert-OH is 1. The zero-order valence-corrected chi connectivity index (χ0v) is 13.2. The van der Waals surface area contributed by atoms with Gasteiger partial charge in [0.15, 0.2) is 0 Å². The molecule has 1 N–H and O–H groups in total. The van der Waals surface area contributed by atoms with Crippen molar-refractivity contribution in [2.75, 3.05) is 31.1 Å². The van der Waals surface area contributed by atoms with Crippen LogP contribution in [0.3, 0.4) is 0 Å². The van der Waals surface area contributed by atoms with Crippen molar-refractivity contribution < 1.29 is 18.7 Å². The molecule has 1 aliphatic heterocycles. The average Bonchev–Trinajstić information content (AvgIpc) is 2.96. The zero-order chi connectivity index (χ0) is 17.3.